The maximum absolute atomic E-state index is 9.52. The van der Waals surface area contributed by atoms with Crippen molar-refractivity contribution in [3.63, 3.8) is 0 Å². The first-order chi connectivity index (χ1) is 5.34. The number of hydrogen-bond acceptors (Lipinski definition) is 2. The summed E-state index contributed by atoms with van der Waals surface area (Å²) in [6.45, 7) is 0.471. The summed E-state index contributed by atoms with van der Waals surface area (Å²) in [5, 5.41) is 9.52. The molecule has 0 radical (unpaired) electrons. The van der Waals surface area contributed by atoms with Crippen LogP contribution in [-0.4, -0.2) is 24.9 Å². The van der Waals surface area contributed by atoms with Crippen molar-refractivity contribution < 1.29 is 9.84 Å². The van der Waals surface area contributed by atoms with Crippen LogP contribution < -0.4 is 0 Å². The Hall–Kier alpha value is -0.340. The average Bonchev–Trinajstić information content (AvgIpc) is 2.07. The summed E-state index contributed by atoms with van der Waals surface area (Å²) in [4.78, 5) is 0. The van der Waals surface area contributed by atoms with Crippen molar-refractivity contribution in [2.75, 3.05) is 13.7 Å². The van der Waals surface area contributed by atoms with Crippen molar-refractivity contribution in [1.82, 2.24) is 0 Å². The molecule has 1 N–H and O–H groups in total. The van der Waals surface area contributed by atoms with Gasteiger partial charge in [-0.1, -0.05) is 12.2 Å². The van der Waals surface area contributed by atoms with Crippen molar-refractivity contribution in [1.29, 1.82) is 0 Å². The van der Waals surface area contributed by atoms with Gasteiger partial charge in [-0.15, -0.1) is 0 Å². The summed E-state index contributed by atoms with van der Waals surface area (Å²) in [6, 6.07) is 0. The zero-order valence-corrected chi connectivity index (χ0v) is 6.99. The number of methoxy groups -OCH3 is 1. The van der Waals surface area contributed by atoms with Crippen molar-refractivity contribution >= 4 is 0 Å². The van der Waals surface area contributed by atoms with E-state index in [9.17, 15) is 5.11 Å². The van der Waals surface area contributed by atoms with Crippen LogP contribution >= 0.6 is 0 Å². The molecule has 0 heterocycles. The highest BCUT2D eigenvalue weighted by atomic mass is 16.5. The molecule has 0 saturated carbocycles. The first-order valence-electron chi connectivity index (χ1n) is 4.16. The van der Waals surface area contributed by atoms with Crippen LogP contribution in [0.5, 0.6) is 0 Å². The highest BCUT2D eigenvalue weighted by Gasteiger charge is 2.18. The minimum absolute atomic E-state index is 0.273. The Bertz CT molecular complexity index is 132. The maximum Gasteiger partial charge on any atom is 0.0804 e. The van der Waals surface area contributed by atoms with E-state index in [1.165, 1.54) is 0 Å². The third-order valence-corrected chi connectivity index (χ3v) is 2.19. The number of rotatable bonds is 3. The van der Waals surface area contributed by atoms with Gasteiger partial charge in [0.25, 0.3) is 0 Å². The Balaban J connectivity index is 2.28. The topological polar surface area (TPSA) is 29.5 Å². The highest BCUT2D eigenvalue weighted by Crippen LogP contribution is 2.21. The Morgan fingerprint density at radius 3 is 3.00 bits per heavy atom. The van der Waals surface area contributed by atoms with Crippen LogP contribution in [0.15, 0.2) is 12.2 Å². The third-order valence-electron chi connectivity index (χ3n) is 2.19. The highest BCUT2D eigenvalue weighted by molar-refractivity contribution is 4.92. The molecule has 2 heteroatoms. The van der Waals surface area contributed by atoms with Gasteiger partial charge in [0.2, 0.25) is 0 Å². The maximum atomic E-state index is 9.52. The largest absolute Gasteiger partial charge is 0.390 e. The molecule has 0 amide bonds. The van der Waals surface area contributed by atoms with Crippen LogP contribution in [0.4, 0.5) is 0 Å². The number of allylic oxidation sites excluding steroid dienone is 2. The molecule has 2 atom stereocenters. The lowest BCUT2D eigenvalue weighted by molar-refractivity contribution is 0.0225. The van der Waals surface area contributed by atoms with Gasteiger partial charge in [0.15, 0.2) is 0 Å². The number of aliphatic hydroxyl groups is 1. The van der Waals surface area contributed by atoms with Crippen LogP contribution in [0.3, 0.4) is 0 Å². The monoisotopic (exact) mass is 156 g/mol. The molecule has 0 saturated heterocycles. The second kappa shape index (κ2) is 4.52. The summed E-state index contributed by atoms with van der Waals surface area (Å²) in [7, 11) is 1.63. The van der Waals surface area contributed by atoms with Gasteiger partial charge in [0, 0.05) is 7.11 Å². The molecular weight excluding hydrogens is 140 g/mol. The minimum atomic E-state index is -0.273. The van der Waals surface area contributed by atoms with Crippen molar-refractivity contribution in [2.45, 2.75) is 25.4 Å². The fraction of sp³-hybridized carbons (Fsp3) is 0.778. The summed E-state index contributed by atoms with van der Waals surface area (Å²) >= 11 is 0. The molecule has 1 aliphatic carbocycles. The zero-order chi connectivity index (χ0) is 8.10. The molecule has 2 unspecified atom stereocenters. The van der Waals surface area contributed by atoms with E-state index in [0.717, 1.165) is 19.3 Å². The molecule has 0 aromatic rings. The molecular formula is C9H16O2. The van der Waals surface area contributed by atoms with E-state index in [-0.39, 0.29) is 6.10 Å². The predicted octanol–water partition coefficient (Wildman–Crippen LogP) is 1.35. The lowest BCUT2D eigenvalue weighted by Gasteiger charge is -2.22. The average molecular weight is 156 g/mol. The molecule has 1 aliphatic rings. The smallest absolute Gasteiger partial charge is 0.0804 e. The normalized spacial score (nSPS) is 26.9. The molecule has 2 nitrogen and oxygen atoms in total. The molecule has 0 aliphatic heterocycles. The quantitative estimate of drug-likeness (QED) is 0.625. The van der Waals surface area contributed by atoms with E-state index in [1.54, 1.807) is 7.11 Å². The van der Waals surface area contributed by atoms with Crippen LogP contribution in [-0.2, 0) is 4.74 Å². The molecule has 0 spiro atoms. The molecule has 11 heavy (non-hydrogen) atoms. The zero-order valence-electron chi connectivity index (χ0n) is 6.99. The van der Waals surface area contributed by atoms with Crippen LogP contribution in [0.25, 0.3) is 0 Å². The fourth-order valence-corrected chi connectivity index (χ4v) is 1.47. The van der Waals surface area contributed by atoms with Gasteiger partial charge in [-0.25, -0.2) is 0 Å². The van der Waals surface area contributed by atoms with E-state index in [2.05, 4.69) is 12.2 Å². The second-order valence-corrected chi connectivity index (χ2v) is 3.07. The molecule has 0 fully saturated rings. The SMILES string of the molecule is COCC(O)C1CC=CCC1. The second-order valence-electron chi connectivity index (χ2n) is 3.07. The number of ether oxygens (including phenoxy) is 1. The standard InChI is InChI=1S/C9H16O2/c1-11-7-9(10)8-5-3-2-4-6-8/h2-3,8-10H,4-7H2,1H3. The van der Waals surface area contributed by atoms with E-state index in [4.69, 9.17) is 4.74 Å². The van der Waals surface area contributed by atoms with E-state index >= 15 is 0 Å². The van der Waals surface area contributed by atoms with Gasteiger partial charge in [0.1, 0.15) is 0 Å². The Kier molecular flexibility index (Phi) is 3.60. The lowest BCUT2D eigenvalue weighted by atomic mass is 9.90. The van der Waals surface area contributed by atoms with Gasteiger partial charge in [-0.3, -0.25) is 0 Å². The van der Waals surface area contributed by atoms with Crippen LogP contribution in [0, 0.1) is 5.92 Å². The predicted molar refractivity (Wildman–Crippen MR) is 44.4 cm³/mol. The molecule has 0 bridgehead atoms. The van der Waals surface area contributed by atoms with Crippen LogP contribution in [0.2, 0.25) is 0 Å². The Labute approximate surface area is 67.9 Å². The minimum Gasteiger partial charge on any atom is -0.390 e. The van der Waals surface area contributed by atoms with E-state index < -0.39 is 0 Å². The fourth-order valence-electron chi connectivity index (χ4n) is 1.47. The van der Waals surface area contributed by atoms with Crippen molar-refractivity contribution in [2.24, 2.45) is 5.92 Å². The molecule has 0 aromatic heterocycles. The van der Waals surface area contributed by atoms with Crippen LogP contribution in [0.1, 0.15) is 19.3 Å². The Morgan fingerprint density at radius 1 is 1.64 bits per heavy atom. The van der Waals surface area contributed by atoms with E-state index in [0.29, 0.717) is 12.5 Å². The number of hydrogen-bond donors (Lipinski definition) is 1. The van der Waals surface area contributed by atoms with Crippen molar-refractivity contribution in [3.05, 3.63) is 12.2 Å². The van der Waals surface area contributed by atoms with Gasteiger partial charge in [0.05, 0.1) is 12.7 Å². The van der Waals surface area contributed by atoms with Gasteiger partial charge in [-0.05, 0) is 25.2 Å². The first kappa shape index (κ1) is 8.75. The van der Waals surface area contributed by atoms with Gasteiger partial charge >= 0.3 is 0 Å². The van der Waals surface area contributed by atoms with Crippen molar-refractivity contribution in [3.8, 4) is 0 Å². The molecule has 64 valence electrons. The third kappa shape index (κ3) is 2.64. The molecule has 1 rings (SSSR count). The Morgan fingerprint density at radius 2 is 2.45 bits per heavy atom. The summed E-state index contributed by atoms with van der Waals surface area (Å²) < 4.78 is 4.88. The summed E-state index contributed by atoms with van der Waals surface area (Å²) in [6.07, 6.45) is 7.25. The summed E-state index contributed by atoms with van der Waals surface area (Å²) in [5.41, 5.74) is 0. The number of aliphatic hydroxyl groups excluding tert-OH is 1. The first-order valence-corrected chi connectivity index (χ1v) is 4.16. The van der Waals surface area contributed by atoms with Gasteiger partial charge in [-0.2, -0.15) is 0 Å². The summed E-state index contributed by atoms with van der Waals surface area (Å²) in [5.74, 6) is 0.417. The molecule has 0 aromatic carbocycles. The lowest BCUT2D eigenvalue weighted by Crippen LogP contribution is -2.25. The van der Waals surface area contributed by atoms with E-state index in [1.807, 2.05) is 0 Å². The van der Waals surface area contributed by atoms with Gasteiger partial charge < -0.3 is 9.84 Å².